The molecule has 0 spiro atoms. The second-order valence-corrected chi connectivity index (χ2v) is 11.6. The molecule has 0 bridgehead atoms. The van der Waals surface area contributed by atoms with E-state index in [1.807, 2.05) is 48.1 Å². The van der Waals surface area contributed by atoms with Gasteiger partial charge in [-0.3, -0.25) is 20.1 Å². The Kier molecular flexibility index (Phi) is 8.90. The molecule has 5 rings (SSSR count). The Morgan fingerprint density at radius 1 is 1.18 bits per heavy atom. The second kappa shape index (κ2) is 12.6. The smallest absolute Gasteiger partial charge is 0.265 e. The van der Waals surface area contributed by atoms with Crippen molar-refractivity contribution in [1.29, 1.82) is 5.26 Å². The largest absolute Gasteiger partial charge is 0.318 e. The van der Waals surface area contributed by atoms with E-state index in [0.717, 1.165) is 52.1 Å². The molecule has 2 unspecified atom stereocenters. The van der Waals surface area contributed by atoms with Crippen LogP contribution in [0.5, 0.6) is 0 Å². The van der Waals surface area contributed by atoms with E-state index in [1.54, 1.807) is 6.34 Å². The molecule has 0 radical (unpaired) electrons. The zero-order chi connectivity index (χ0) is 28.1. The summed E-state index contributed by atoms with van der Waals surface area (Å²) in [5.41, 5.74) is 4.17. The molecule has 0 aromatic heterocycles. The van der Waals surface area contributed by atoms with Gasteiger partial charge in [0.1, 0.15) is 11.9 Å². The maximum atomic E-state index is 13.6. The van der Waals surface area contributed by atoms with Crippen molar-refractivity contribution in [3.05, 3.63) is 35.4 Å². The first-order valence-electron chi connectivity index (χ1n) is 14.5. The third-order valence-electron chi connectivity index (χ3n) is 8.54. The number of carbonyl (C=O) groups excluding carboxylic acids is 1. The fourth-order valence-corrected chi connectivity index (χ4v) is 6.04. The standard InChI is InChI=1S/C29H42N10O/c1-29-27(38(21-32-29)13-12-31-2)33-25(18-30)34-28(29)39(20-22-6-4-5-7-22)35-26(40)24-10-8-23(9-11-24)19-37-16-14-36(3)15-17-37/h8-11,21-22,28,31H,4-7,12-17,19-20H2,1-3H3,(H,35,40). The number of nitrogens with zero attached hydrogens (tertiary/aromatic N) is 8. The number of hydrazine groups is 1. The van der Waals surface area contributed by atoms with E-state index in [4.69, 9.17) is 9.98 Å². The summed E-state index contributed by atoms with van der Waals surface area (Å²) >= 11 is 0. The van der Waals surface area contributed by atoms with Gasteiger partial charge in [-0.05, 0) is 57.5 Å². The molecular formula is C29H42N10O. The number of aliphatic imine (C=N–C) groups is 3. The molecule has 4 aliphatic rings. The zero-order valence-corrected chi connectivity index (χ0v) is 24.0. The average molecular weight is 547 g/mol. The van der Waals surface area contributed by atoms with Gasteiger partial charge in [-0.15, -0.1) is 0 Å². The fourth-order valence-electron chi connectivity index (χ4n) is 6.04. The van der Waals surface area contributed by atoms with E-state index in [2.05, 4.69) is 38.7 Å². The van der Waals surface area contributed by atoms with Crippen molar-refractivity contribution in [1.82, 2.24) is 30.5 Å². The molecule has 1 saturated heterocycles. The summed E-state index contributed by atoms with van der Waals surface area (Å²) in [6.07, 6.45) is 5.82. The van der Waals surface area contributed by atoms with Crippen LogP contribution in [0.4, 0.5) is 0 Å². The van der Waals surface area contributed by atoms with Crippen LogP contribution in [0, 0.1) is 17.2 Å². The minimum Gasteiger partial charge on any atom is -0.318 e. The van der Waals surface area contributed by atoms with E-state index in [9.17, 15) is 10.1 Å². The lowest BCUT2D eigenvalue weighted by atomic mass is 9.95. The SMILES string of the molecule is CNCCN1C=NC2(C)C1=NC(C#N)=NC2N(CC1CCCC1)NC(=O)c1ccc(CN2CCN(C)CC2)cc1. The summed E-state index contributed by atoms with van der Waals surface area (Å²) in [6, 6.07) is 10.0. The molecule has 1 amide bonds. The highest BCUT2D eigenvalue weighted by Crippen LogP contribution is 2.34. The monoisotopic (exact) mass is 546 g/mol. The van der Waals surface area contributed by atoms with Crippen molar-refractivity contribution in [2.45, 2.75) is 50.9 Å². The Bertz CT molecular complexity index is 1170. The maximum absolute atomic E-state index is 13.6. The normalized spacial score (nSPS) is 25.6. The van der Waals surface area contributed by atoms with Crippen LogP contribution in [0.15, 0.2) is 39.2 Å². The van der Waals surface area contributed by atoms with Crippen LogP contribution in [0.2, 0.25) is 0 Å². The molecule has 2 atom stereocenters. The van der Waals surface area contributed by atoms with Crippen LogP contribution in [0.25, 0.3) is 0 Å². The number of rotatable bonds is 10. The van der Waals surface area contributed by atoms with Crippen molar-refractivity contribution in [3.63, 3.8) is 0 Å². The molecule has 11 heteroatoms. The van der Waals surface area contributed by atoms with E-state index >= 15 is 0 Å². The topological polar surface area (TPSA) is 115 Å². The molecule has 11 nitrogen and oxygen atoms in total. The van der Waals surface area contributed by atoms with E-state index in [1.165, 1.54) is 18.4 Å². The predicted molar refractivity (Wildman–Crippen MR) is 157 cm³/mol. The molecule has 1 aliphatic carbocycles. The van der Waals surface area contributed by atoms with E-state index in [-0.39, 0.29) is 11.7 Å². The van der Waals surface area contributed by atoms with Gasteiger partial charge < -0.3 is 15.1 Å². The van der Waals surface area contributed by atoms with Crippen LogP contribution in [0.1, 0.15) is 48.5 Å². The molecule has 1 aromatic rings. The highest BCUT2D eigenvalue weighted by Gasteiger charge is 2.51. The number of carbonyl (C=O) groups is 1. The first-order valence-corrected chi connectivity index (χ1v) is 14.5. The van der Waals surface area contributed by atoms with Crippen LogP contribution in [-0.2, 0) is 6.54 Å². The van der Waals surface area contributed by atoms with Crippen LogP contribution in [0.3, 0.4) is 0 Å². The van der Waals surface area contributed by atoms with Gasteiger partial charge >= 0.3 is 0 Å². The third-order valence-corrected chi connectivity index (χ3v) is 8.54. The summed E-state index contributed by atoms with van der Waals surface area (Å²) in [7, 11) is 4.06. The number of piperazine rings is 1. The predicted octanol–water partition coefficient (Wildman–Crippen LogP) is 1.55. The van der Waals surface area contributed by atoms with Gasteiger partial charge in [0.15, 0.2) is 11.7 Å². The molecule has 1 aromatic carbocycles. The summed E-state index contributed by atoms with van der Waals surface area (Å²) in [5, 5.41) is 14.9. The number of amidine groups is 2. The summed E-state index contributed by atoms with van der Waals surface area (Å²) < 4.78 is 0. The highest BCUT2D eigenvalue weighted by atomic mass is 16.2. The van der Waals surface area contributed by atoms with Crippen molar-refractivity contribution in [3.8, 4) is 6.07 Å². The molecule has 3 heterocycles. The molecule has 1 saturated carbocycles. The number of amides is 1. The minimum atomic E-state index is -0.813. The Labute approximate surface area is 237 Å². The Hall–Kier alpha value is -3.17. The summed E-state index contributed by atoms with van der Waals surface area (Å²) in [6.45, 7) is 9.22. The quantitative estimate of drug-likeness (QED) is 0.428. The molecule has 214 valence electrons. The summed E-state index contributed by atoms with van der Waals surface area (Å²) in [4.78, 5) is 34.5. The minimum absolute atomic E-state index is 0.108. The average Bonchev–Trinajstić information content (AvgIpc) is 3.60. The number of nitrogens with one attached hydrogen (secondary N) is 2. The van der Waals surface area contributed by atoms with Gasteiger partial charge in [0.25, 0.3) is 5.91 Å². The van der Waals surface area contributed by atoms with Crippen molar-refractivity contribution in [2.75, 3.05) is 59.9 Å². The van der Waals surface area contributed by atoms with E-state index < -0.39 is 11.7 Å². The van der Waals surface area contributed by atoms with Gasteiger partial charge in [-0.25, -0.2) is 9.98 Å². The van der Waals surface area contributed by atoms with Gasteiger partial charge in [0.2, 0.25) is 5.84 Å². The van der Waals surface area contributed by atoms with Crippen molar-refractivity contribution >= 4 is 23.9 Å². The van der Waals surface area contributed by atoms with Gasteiger partial charge in [-0.2, -0.15) is 10.3 Å². The Balaban J connectivity index is 1.34. The van der Waals surface area contributed by atoms with Crippen LogP contribution < -0.4 is 10.7 Å². The molecule has 2 fully saturated rings. The lowest BCUT2D eigenvalue weighted by Crippen LogP contribution is -2.62. The van der Waals surface area contributed by atoms with Crippen molar-refractivity contribution in [2.24, 2.45) is 20.9 Å². The number of benzene rings is 1. The van der Waals surface area contributed by atoms with Gasteiger partial charge in [0, 0.05) is 57.9 Å². The fraction of sp³-hybridized carbons (Fsp3) is 0.621. The highest BCUT2D eigenvalue weighted by molar-refractivity contribution is 6.14. The molecule has 2 N–H and O–H groups in total. The van der Waals surface area contributed by atoms with Gasteiger partial charge in [0.05, 0.1) is 6.34 Å². The lowest BCUT2D eigenvalue weighted by molar-refractivity contribution is 0.0547. The number of nitriles is 1. The lowest BCUT2D eigenvalue weighted by Gasteiger charge is -2.41. The number of fused-ring (bicyclic) bond motifs is 1. The first-order chi connectivity index (χ1) is 19.4. The van der Waals surface area contributed by atoms with E-state index in [0.29, 0.717) is 30.4 Å². The first kappa shape index (κ1) is 28.4. The number of hydrogen-bond acceptors (Lipinski definition) is 10. The van der Waals surface area contributed by atoms with Crippen molar-refractivity contribution < 1.29 is 4.79 Å². The van der Waals surface area contributed by atoms with Crippen LogP contribution >= 0.6 is 0 Å². The molecule has 40 heavy (non-hydrogen) atoms. The maximum Gasteiger partial charge on any atom is 0.265 e. The third kappa shape index (κ3) is 6.25. The Morgan fingerprint density at radius 3 is 2.58 bits per heavy atom. The summed E-state index contributed by atoms with van der Waals surface area (Å²) in [5.74, 6) is 1.07. The number of hydrogen-bond donors (Lipinski definition) is 2. The number of likely N-dealkylation sites (N-methyl/N-ethyl adjacent to an activating group) is 2. The molecule has 3 aliphatic heterocycles. The van der Waals surface area contributed by atoms with Crippen LogP contribution in [-0.4, -0.2) is 115 Å². The zero-order valence-electron chi connectivity index (χ0n) is 24.0. The second-order valence-electron chi connectivity index (χ2n) is 11.6. The van der Waals surface area contributed by atoms with Gasteiger partial charge in [-0.1, -0.05) is 25.0 Å². The Morgan fingerprint density at radius 2 is 1.90 bits per heavy atom. The molecular weight excluding hydrogens is 504 g/mol.